The van der Waals surface area contributed by atoms with Gasteiger partial charge in [-0.1, -0.05) is 22.3 Å². The van der Waals surface area contributed by atoms with E-state index >= 15 is 0 Å². The molecule has 2 aliphatic rings. The molecule has 6 heterocycles. The highest BCUT2D eigenvalue weighted by atomic mass is 19.1. The van der Waals surface area contributed by atoms with Crippen molar-refractivity contribution in [2.75, 3.05) is 36.0 Å². The standard InChI is InChI=1S/C20H20F2N4O2.C20H21FN4O2/c1-25-12-15(2-3-18(25)27)19-23-24-20(28-19)26-6-4-13(5-7-26)8-14-9-16(21)11-17(22)10-14;1-24-13-16(5-6-18(24)26)19-22-23-20(27-19)25-9-7-14(8-10-25)11-15-3-2-4-17(21)12-15/h2-3,9-13H,4-8H2,1H3;2-6,12-14H,7-11H2,1H3. The van der Waals surface area contributed by atoms with Gasteiger partial charge in [0.2, 0.25) is 11.1 Å². The summed E-state index contributed by atoms with van der Waals surface area (Å²) in [6.07, 6.45) is 8.61. The van der Waals surface area contributed by atoms with Gasteiger partial charge in [0.05, 0.1) is 11.1 Å². The van der Waals surface area contributed by atoms with Crippen molar-refractivity contribution in [1.29, 1.82) is 0 Å². The maximum atomic E-state index is 13.4. The van der Waals surface area contributed by atoms with Crippen LogP contribution in [-0.4, -0.2) is 55.7 Å². The fourth-order valence-electron chi connectivity index (χ4n) is 7.08. The van der Waals surface area contributed by atoms with E-state index in [0.717, 1.165) is 75.5 Å². The van der Waals surface area contributed by atoms with Gasteiger partial charge in [0.25, 0.3) is 11.8 Å². The Morgan fingerprint density at radius 1 is 0.582 bits per heavy atom. The van der Waals surface area contributed by atoms with Gasteiger partial charge in [-0.3, -0.25) is 9.59 Å². The van der Waals surface area contributed by atoms with Gasteiger partial charge in [0.15, 0.2) is 0 Å². The van der Waals surface area contributed by atoms with Crippen LogP contribution in [0.2, 0.25) is 0 Å². The van der Waals surface area contributed by atoms with Crippen molar-refractivity contribution in [3.05, 3.63) is 128 Å². The maximum Gasteiger partial charge on any atom is 0.318 e. The van der Waals surface area contributed by atoms with Crippen LogP contribution < -0.4 is 20.9 Å². The number of aryl methyl sites for hydroxylation is 2. The van der Waals surface area contributed by atoms with Gasteiger partial charge in [0, 0.05) is 70.9 Å². The van der Waals surface area contributed by atoms with E-state index in [1.54, 1.807) is 50.8 Å². The second-order valence-corrected chi connectivity index (χ2v) is 14.2. The van der Waals surface area contributed by atoms with Crippen molar-refractivity contribution in [1.82, 2.24) is 29.5 Å². The normalized spacial score (nSPS) is 15.2. The summed E-state index contributed by atoms with van der Waals surface area (Å²) in [5.74, 6) is 0.387. The first kappa shape index (κ1) is 37.3. The summed E-state index contributed by atoms with van der Waals surface area (Å²) in [6, 6.07) is 17.7. The number of rotatable bonds is 8. The molecule has 0 unspecified atom stereocenters. The lowest BCUT2D eigenvalue weighted by atomic mass is 9.90. The molecule has 8 rings (SSSR count). The maximum absolute atomic E-state index is 13.4. The number of pyridine rings is 2. The molecule has 0 saturated carbocycles. The van der Waals surface area contributed by atoms with Gasteiger partial charge >= 0.3 is 12.0 Å². The Kier molecular flexibility index (Phi) is 11.2. The van der Waals surface area contributed by atoms with E-state index in [9.17, 15) is 22.8 Å². The van der Waals surface area contributed by atoms with Crippen molar-refractivity contribution < 1.29 is 22.0 Å². The lowest BCUT2D eigenvalue weighted by Crippen LogP contribution is -2.34. The van der Waals surface area contributed by atoms with E-state index < -0.39 is 11.6 Å². The predicted molar refractivity (Wildman–Crippen MR) is 200 cm³/mol. The molecule has 286 valence electrons. The van der Waals surface area contributed by atoms with Gasteiger partial charge in [-0.25, -0.2) is 13.2 Å². The quantitative estimate of drug-likeness (QED) is 0.177. The highest BCUT2D eigenvalue weighted by Crippen LogP contribution is 2.29. The summed E-state index contributed by atoms with van der Waals surface area (Å²) in [4.78, 5) is 27.1. The number of hydrogen-bond donors (Lipinski definition) is 0. The first-order valence-corrected chi connectivity index (χ1v) is 18.3. The second kappa shape index (κ2) is 16.6. The molecular formula is C40H41F3N8O4. The number of nitrogens with zero attached hydrogens (tertiary/aromatic N) is 8. The first-order valence-electron chi connectivity index (χ1n) is 18.3. The monoisotopic (exact) mass is 754 g/mol. The molecule has 55 heavy (non-hydrogen) atoms. The van der Waals surface area contributed by atoms with E-state index in [-0.39, 0.29) is 16.9 Å². The Balaban J connectivity index is 0.000000169. The van der Waals surface area contributed by atoms with Crippen molar-refractivity contribution in [2.24, 2.45) is 25.9 Å². The number of benzene rings is 2. The smallest absolute Gasteiger partial charge is 0.318 e. The Labute approximate surface area is 314 Å². The first-order chi connectivity index (χ1) is 26.6. The zero-order chi connectivity index (χ0) is 38.5. The summed E-state index contributed by atoms with van der Waals surface area (Å²) in [7, 11) is 3.35. The number of halogens is 3. The predicted octanol–water partition coefficient (Wildman–Crippen LogP) is 6.21. The van der Waals surface area contributed by atoms with E-state index in [0.29, 0.717) is 53.2 Å². The summed E-state index contributed by atoms with van der Waals surface area (Å²) in [5, 5.41) is 16.5. The molecule has 0 bridgehead atoms. The molecule has 0 N–H and O–H groups in total. The van der Waals surface area contributed by atoms with Gasteiger partial charge in [-0.05, 0) is 97.9 Å². The van der Waals surface area contributed by atoms with Crippen LogP contribution in [0.15, 0.2) is 97.5 Å². The fourth-order valence-corrected chi connectivity index (χ4v) is 7.08. The largest absolute Gasteiger partial charge is 0.403 e. The number of aromatic nitrogens is 6. The minimum atomic E-state index is -0.538. The molecule has 2 fully saturated rings. The van der Waals surface area contributed by atoms with Crippen molar-refractivity contribution in [2.45, 2.75) is 38.5 Å². The van der Waals surface area contributed by atoms with Crippen LogP contribution in [0, 0.1) is 29.3 Å². The van der Waals surface area contributed by atoms with E-state index in [2.05, 4.69) is 25.3 Å². The molecular weight excluding hydrogens is 713 g/mol. The third-order valence-corrected chi connectivity index (χ3v) is 10.1. The van der Waals surface area contributed by atoms with Crippen LogP contribution in [0.5, 0.6) is 0 Å². The van der Waals surface area contributed by atoms with Crippen LogP contribution in [0.3, 0.4) is 0 Å². The Morgan fingerprint density at radius 2 is 1.04 bits per heavy atom. The van der Waals surface area contributed by atoms with Crippen molar-refractivity contribution >= 4 is 12.0 Å². The van der Waals surface area contributed by atoms with E-state index in [1.807, 2.05) is 11.0 Å². The van der Waals surface area contributed by atoms with Crippen LogP contribution in [0.4, 0.5) is 25.2 Å². The molecule has 2 saturated heterocycles. The molecule has 4 aromatic heterocycles. The molecule has 0 aliphatic carbocycles. The fraction of sp³-hybridized carbons (Fsp3) is 0.350. The van der Waals surface area contributed by atoms with Crippen LogP contribution >= 0.6 is 0 Å². The topological polar surface area (TPSA) is 128 Å². The highest BCUT2D eigenvalue weighted by Gasteiger charge is 2.25. The molecule has 0 atom stereocenters. The SMILES string of the molecule is Cn1cc(-c2nnc(N3CCC(Cc4cc(F)cc(F)c4)CC3)o2)ccc1=O.Cn1cc(-c2nnc(N3CCC(Cc4cccc(F)c4)CC3)o2)ccc1=O. The second-order valence-electron chi connectivity index (χ2n) is 14.2. The molecule has 0 amide bonds. The van der Waals surface area contributed by atoms with Gasteiger partial charge in [0.1, 0.15) is 17.5 Å². The Morgan fingerprint density at radius 3 is 1.49 bits per heavy atom. The lowest BCUT2D eigenvalue weighted by molar-refractivity contribution is 0.385. The van der Waals surface area contributed by atoms with Gasteiger partial charge in [-0.15, -0.1) is 10.2 Å². The minimum absolute atomic E-state index is 0.0844. The van der Waals surface area contributed by atoms with Gasteiger partial charge < -0.3 is 27.8 Å². The molecule has 2 aliphatic heterocycles. The zero-order valence-corrected chi connectivity index (χ0v) is 30.6. The Hall–Kier alpha value is -5.99. The van der Waals surface area contributed by atoms with E-state index in [1.165, 1.54) is 39.5 Å². The zero-order valence-electron chi connectivity index (χ0n) is 30.6. The summed E-state index contributed by atoms with van der Waals surface area (Å²) in [5.41, 5.74) is 2.94. The average molecular weight is 755 g/mol. The van der Waals surface area contributed by atoms with Crippen LogP contribution in [0.25, 0.3) is 22.9 Å². The third kappa shape index (κ3) is 9.39. The minimum Gasteiger partial charge on any atom is -0.403 e. The molecule has 12 nitrogen and oxygen atoms in total. The third-order valence-electron chi connectivity index (χ3n) is 10.1. The average Bonchev–Trinajstić information content (AvgIpc) is 3.86. The van der Waals surface area contributed by atoms with Crippen LogP contribution in [0.1, 0.15) is 36.8 Å². The lowest BCUT2D eigenvalue weighted by Gasteiger charge is -2.30. The van der Waals surface area contributed by atoms with Crippen molar-refractivity contribution in [3.8, 4) is 22.9 Å². The summed E-state index contributed by atoms with van der Waals surface area (Å²) in [6.45, 7) is 3.12. The van der Waals surface area contributed by atoms with Crippen molar-refractivity contribution in [3.63, 3.8) is 0 Å². The molecule has 15 heteroatoms. The Bertz CT molecular complexity index is 2340. The summed E-state index contributed by atoms with van der Waals surface area (Å²) >= 11 is 0. The number of piperidine rings is 2. The molecule has 0 spiro atoms. The molecule has 6 aromatic rings. The molecule has 0 radical (unpaired) electrons. The number of hydrogen-bond acceptors (Lipinski definition) is 10. The van der Waals surface area contributed by atoms with E-state index in [4.69, 9.17) is 8.83 Å². The number of anilines is 2. The molecule has 2 aromatic carbocycles. The van der Waals surface area contributed by atoms with Crippen LogP contribution in [-0.2, 0) is 26.9 Å². The summed E-state index contributed by atoms with van der Waals surface area (Å²) < 4.78 is 54.6. The highest BCUT2D eigenvalue weighted by molar-refractivity contribution is 5.52. The van der Waals surface area contributed by atoms with Gasteiger partial charge in [-0.2, -0.15) is 0 Å².